The Kier molecular flexibility index (Phi) is 4.63. The van der Waals surface area contributed by atoms with Gasteiger partial charge in [0.25, 0.3) is 17.6 Å². The van der Waals surface area contributed by atoms with E-state index < -0.39 is 23.6 Å². The maximum Gasteiger partial charge on any atom is 0.328 e. The number of methoxy groups -OCH3 is 1. The summed E-state index contributed by atoms with van der Waals surface area (Å²) in [6.07, 6.45) is 0.888. The van der Waals surface area contributed by atoms with Crippen molar-refractivity contribution < 1.29 is 18.8 Å². The molecule has 0 radical (unpaired) electrons. The number of aromatic nitrogens is 2. The molecule has 1 heterocycles. The quantitative estimate of drug-likeness (QED) is 0.663. The highest BCUT2D eigenvalue weighted by Crippen LogP contribution is 2.12. The fourth-order valence-corrected chi connectivity index (χ4v) is 2.18. The van der Waals surface area contributed by atoms with Crippen molar-refractivity contribution >= 4 is 22.9 Å². The molecule has 1 amide bonds. The lowest BCUT2D eigenvalue weighted by atomic mass is 10.0. The van der Waals surface area contributed by atoms with E-state index in [4.69, 9.17) is 0 Å². The Bertz CT molecular complexity index is 812. The van der Waals surface area contributed by atoms with Gasteiger partial charge in [-0.1, -0.05) is 26.0 Å². The summed E-state index contributed by atoms with van der Waals surface area (Å²) in [6.45, 7) is 3.45. The molecule has 8 nitrogen and oxygen atoms in total. The number of amides is 1. The van der Waals surface area contributed by atoms with E-state index in [1.807, 2.05) is 0 Å². The first kappa shape index (κ1) is 16.5. The van der Waals surface area contributed by atoms with E-state index in [1.165, 1.54) is 19.2 Å². The molecular formula is C15H17N3O5. The number of nitrogens with zero attached hydrogens (tertiary/aromatic N) is 2. The lowest BCUT2D eigenvalue weighted by molar-refractivity contribution is -0.464. The van der Waals surface area contributed by atoms with Crippen LogP contribution in [0, 0.1) is 16.0 Å². The number of carbonyl (C=O) groups excluding carboxylic acids is 2. The van der Waals surface area contributed by atoms with Crippen LogP contribution in [0.25, 0.3) is 11.0 Å². The number of esters is 1. The highest BCUT2D eigenvalue weighted by atomic mass is 16.5. The molecule has 0 unspecified atom stereocenters. The fourth-order valence-electron chi connectivity index (χ4n) is 2.18. The van der Waals surface area contributed by atoms with Gasteiger partial charge in [0.15, 0.2) is 5.69 Å². The summed E-state index contributed by atoms with van der Waals surface area (Å²) >= 11 is 0. The monoisotopic (exact) mass is 319 g/mol. The van der Waals surface area contributed by atoms with Gasteiger partial charge in [-0.3, -0.25) is 4.79 Å². The van der Waals surface area contributed by atoms with Gasteiger partial charge in [-0.05, 0) is 12.0 Å². The van der Waals surface area contributed by atoms with E-state index in [-0.39, 0.29) is 17.0 Å². The predicted molar refractivity (Wildman–Crippen MR) is 82.2 cm³/mol. The highest BCUT2D eigenvalue weighted by molar-refractivity contribution is 5.96. The molecule has 1 aromatic carbocycles. The minimum atomic E-state index is -0.918. The van der Waals surface area contributed by atoms with Crippen LogP contribution >= 0.6 is 0 Å². The number of ether oxygens (including phenoxy) is 1. The Morgan fingerprint density at radius 3 is 2.57 bits per heavy atom. The number of nitrogens with one attached hydrogen (secondary N) is 1. The van der Waals surface area contributed by atoms with Crippen LogP contribution < -0.4 is 9.74 Å². The van der Waals surface area contributed by atoms with E-state index in [9.17, 15) is 19.7 Å². The normalized spacial score (nSPS) is 12.2. The number of fused-ring (bicyclic) bond motifs is 1. The van der Waals surface area contributed by atoms with Crippen molar-refractivity contribution in [3.05, 3.63) is 46.3 Å². The van der Waals surface area contributed by atoms with Crippen molar-refractivity contribution in [1.82, 2.24) is 10.0 Å². The van der Waals surface area contributed by atoms with Crippen LogP contribution in [0.3, 0.4) is 0 Å². The van der Waals surface area contributed by atoms with Crippen molar-refractivity contribution in [2.75, 3.05) is 7.11 Å². The maximum absolute atomic E-state index is 12.3. The summed E-state index contributed by atoms with van der Waals surface area (Å²) in [5.41, 5.74) is -0.185. The van der Waals surface area contributed by atoms with Crippen LogP contribution in [0.5, 0.6) is 0 Å². The van der Waals surface area contributed by atoms with E-state index in [0.29, 0.717) is 9.16 Å². The van der Waals surface area contributed by atoms with Crippen molar-refractivity contribution in [2.45, 2.75) is 19.9 Å². The summed E-state index contributed by atoms with van der Waals surface area (Å²) in [6, 6.07) is 5.20. The second-order valence-corrected chi connectivity index (χ2v) is 5.34. The molecule has 0 bridgehead atoms. The average molecular weight is 319 g/mol. The molecule has 0 aliphatic carbocycles. The van der Waals surface area contributed by atoms with Crippen molar-refractivity contribution in [1.29, 1.82) is 0 Å². The van der Waals surface area contributed by atoms with Gasteiger partial charge < -0.3 is 20.0 Å². The van der Waals surface area contributed by atoms with Gasteiger partial charge in [0, 0.05) is 11.0 Å². The van der Waals surface area contributed by atoms with Gasteiger partial charge in [-0.15, -0.1) is 0 Å². The molecule has 8 heteroatoms. The van der Waals surface area contributed by atoms with Crippen LogP contribution in [0.2, 0.25) is 0 Å². The largest absolute Gasteiger partial charge is 0.805 e. The maximum atomic E-state index is 12.3. The second-order valence-electron chi connectivity index (χ2n) is 5.34. The van der Waals surface area contributed by atoms with Crippen molar-refractivity contribution in [3.63, 3.8) is 0 Å². The molecule has 0 saturated carbocycles. The topological polar surface area (TPSA) is 106 Å². The van der Waals surface area contributed by atoms with Gasteiger partial charge >= 0.3 is 5.97 Å². The number of hydrogen-bond donors (Lipinski definition) is 1. The number of carbonyl (C=O) groups is 2. The van der Waals surface area contributed by atoms with Crippen LogP contribution in [0.15, 0.2) is 30.5 Å². The zero-order valence-electron chi connectivity index (χ0n) is 13.0. The lowest BCUT2D eigenvalue weighted by Gasteiger charge is -2.21. The minimum absolute atomic E-state index is 0.0642. The molecule has 1 atom stereocenters. The average Bonchev–Trinajstić information content (AvgIpc) is 2.54. The number of hydrogen-bond acceptors (Lipinski definition) is 5. The molecule has 1 aromatic heterocycles. The molecule has 122 valence electrons. The zero-order chi connectivity index (χ0) is 17.1. The van der Waals surface area contributed by atoms with Gasteiger partial charge in [-0.2, -0.15) is 0 Å². The first-order chi connectivity index (χ1) is 10.9. The molecular weight excluding hydrogens is 302 g/mol. The SMILES string of the molecule is COC(=O)[C@@H](NC(=O)c1c[n+](=O)c2ccccc2n1[O-])C(C)C. The number of benzene rings is 1. The molecule has 2 rings (SSSR count). The number of rotatable bonds is 4. The molecule has 0 aliphatic rings. The predicted octanol–water partition coefficient (Wildman–Crippen LogP) is 0.829. The van der Waals surface area contributed by atoms with Gasteiger partial charge in [0.2, 0.25) is 0 Å². The molecule has 0 aliphatic heterocycles. The molecule has 0 fully saturated rings. The van der Waals surface area contributed by atoms with E-state index in [1.54, 1.807) is 26.0 Å². The van der Waals surface area contributed by atoms with Crippen LogP contribution in [0.1, 0.15) is 24.3 Å². The molecule has 1 N–H and O–H groups in total. The Labute approximate surface area is 131 Å². The van der Waals surface area contributed by atoms with E-state index >= 15 is 0 Å². The summed E-state index contributed by atoms with van der Waals surface area (Å²) in [7, 11) is 1.21. The third kappa shape index (κ3) is 3.15. The third-order valence-electron chi connectivity index (χ3n) is 3.44. The summed E-state index contributed by atoms with van der Waals surface area (Å²) in [5.74, 6) is -1.69. The van der Waals surface area contributed by atoms with Crippen LogP contribution in [-0.4, -0.2) is 29.8 Å². The van der Waals surface area contributed by atoms with Gasteiger partial charge in [0.1, 0.15) is 11.6 Å². The Morgan fingerprint density at radius 1 is 1.30 bits per heavy atom. The lowest BCUT2D eigenvalue weighted by Crippen LogP contribution is -2.46. The Hall–Kier alpha value is -2.90. The summed E-state index contributed by atoms with van der Waals surface area (Å²) < 4.78 is 5.44. The van der Waals surface area contributed by atoms with Gasteiger partial charge in [0.05, 0.1) is 11.5 Å². The second kappa shape index (κ2) is 6.47. The third-order valence-corrected chi connectivity index (χ3v) is 3.44. The number of para-hydroxylation sites is 2. The summed E-state index contributed by atoms with van der Waals surface area (Å²) in [5, 5.41) is 14.7. The zero-order valence-corrected chi connectivity index (χ0v) is 13.0. The van der Waals surface area contributed by atoms with Gasteiger partial charge in [-0.25, -0.2) is 4.79 Å². The summed E-state index contributed by atoms with van der Waals surface area (Å²) in [4.78, 5) is 36.0. The molecule has 23 heavy (non-hydrogen) atoms. The fraction of sp³-hybridized carbons (Fsp3) is 0.333. The highest BCUT2D eigenvalue weighted by Gasteiger charge is 2.27. The van der Waals surface area contributed by atoms with E-state index in [0.717, 1.165) is 6.20 Å². The van der Waals surface area contributed by atoms with Crippen LogP contribution in [-0.2, 0) is 9.53 Å². The van der Waals surface area contributed by atoms with Crippen LogP contribution in [0.4, 0.5) is 0 Å². The Balaban J connectivity index is 2.44. The molecule has 0 spiro atoms. The standard InChI is InChI=1S/C15H17N3O5/c1-9(2)13(15(20)23-3)16-14(19)12-8-17(21)10-6-4-5-7-11(10)18(12)22/h4-9,13H,1-3H3,(H,16,19)/t13-/m0/s1. The van der Waals surface area contributed by atoms with E-state index in [2.05, 4.69) is 10.1 Å². The van der Waals surface area contributed by atoms with Crippen molar-refractivity contribution in [2.24, 2.45) is 5.92 Å². The molecule has 0 saturated heterocycles. The smallest absolute Gasteiger partial charge is 0.328 e. The first-order valence-electron chi connectivity index (χ1n) is 7.00. The molecule has 2 aromatic rings. The Morgan fingerprint density at radius 2 is 1.96 bits per heavy atom. The first-order valence-corrected chi connectivity index (χ1v) is 7.00. The minimum Gasteiger partial charge on any atom is -0.805 e. The van der Waals surface area contributed by atoms with Crippen molar-refractivity contribution in [3.8, 4) is 0 Å².